The van der Waals surface area contributed by atoms with Gasteiger partial charge in [-0.15, -0.1) is 0 Å². The molecule has 0 bridgehead atoms. The average Bonchev–Trinajstić information content (AvgIpc) is 3.49. The van der Waals surface area contributed by atoms with Crippen molar-refractivity contribution in [2.24, 2.45) is 0 Å². The van der Waals surface area contributed by atoms with E-state index in [1.165, 1.54) is 57.2 Å². The number of para-hydroxylation sites is 2. The molecule has 3 aliphatic heterocycles. The molecule has 5 heteroatoms. The maximum Gasteiger partial charge on any atom is 0.206 e. The highest BCUT2D eigenvalue weighted by Crippen LogP contribution is 2.49. The summed E-state index contributed by atoms with van der Waals surface area (Å²) in [5.41, 5.74) is 14.0. The molecule has 51 heavy (non-hydrogen) atoms. The molecule has 2 aromatic carbocycles. The van der Waals surface area contributed by atoms with Crippen LogP contribution >= 0.6 is 0 Å². The van der Waals surface area contributed by atoms with E-state index < -0.39 is 0 Å². The van der Waals surface area contributed by atoms with Crippen molar-refractivity contribution in [1.82, 2.24) is 9.88 Å². The van der Waals surface area contributed by atoms with Crippen LogP contribution in [-0.2, 0) is 17.4 Å². The van der Waals surface area contributed by atoms with Gasteiger partial charge < -0.3 is 9.80 Å². The van der Waals surface area contributed by atoms with Gasteiger partial charge >= 0.3 is 0 Å². The molecule has 266 valence electrons. The molecule has 4 heterocycles. The molecule has 3 aromatic rings. The fraction of sp³-hybridized carbons (Fsp3) is 0.435. The Bertz CT molecular complexity index is 1780. The fourth-order valence-electron chi connectivity index (χ4n) is 9.06. The number of hydrogen-bond acceptors (Lipinski definition) is 4. The number of anilines is 2. The van der Waals surface area contributed by atoms with Crippen LogP contribution in [0, 0.1) is 0 Å². The lowest BCUT2D eigenvalue weighted by atomic mass is 9.82. The number of rotatable bonds is 8. The van der Waals surface area contributed by atoms with E-state index in [2.05, 4.69) is 151 Å². The SMILES string of the molecule is CCCN1/C(=C\C=C2\CCC/C(=C\C=C3\N(CCC)c4ccccc4C3(C)C)C2=[N+]2CCN(Cc3ccccn3)CC2)C(C)(C)c2ccccc21. The van der Waals surface area contributed by atoms with Gasteiger partial charge in [0.15, 0.2) is 13.1 Å². The summed E-state index contributed by atoms with van der Waals surface area (Å²) in [5.74, 6) is 0. The van der Waals surface area contributed by atoms with Gasteiger partial charge in [-0.1, -0.05) is 96.2 Å². The number of piperazine rings is 1. The molecule has 1 aromatic heterocycles. The highest BCUT2D eigenvalue weighted by atomic mass is 15.2. The van der Waals surface area contributed by atoms with Crippen LogP contribution in [-0.4, -0.2) is 59.4 Å². The summed E-state index contributed by atoms with van der Waals surface area (Å²) in [6, 6.07) is 24.3. The largest absolute Gasteiger partial charge is 0.344 e. The van der Waals surface area contributed by atoms with E-state index >= 15 is 0 Å². The normalized spacial score (nSPS) is 23.2. The second-order valence-electron chi connectivity index (χ2n) is 15.9. The van der Waals surface area contributed by atoms with Gasteiger partial charge in [0, 0.05) is 70.6 Å². The van der Waals surface area contributed by atoms with Gasteiger partial charge in [0.1, 0.15) is 0 Å². The fourth-order valence-corrected chi connectivity index (χ4v) is 9.06. The number of pyridine rings is 1. The minimum atomic E-state index is -0.0381. The van der Waals surface area contributed by atoms with E-state index in [0.717, 1.165) is 77.2 Å². The monoisotopic (exact) mass is 680 g/mol. The van der Waals surface area contributed by atoms with Gasteiger partial charge in [0.25, 0.3) is 0 Å². The first-order chi connectivity index (χ1) is 24.7. The van der Waals surface area contributed by atoms with E-state index in [9.17, 15) is 0 Å². The zero-order valence-corrected chi connectivity index (χ0v) is 32.0. The van der Waals surface area contributed by atoms with E-state index in [1.807, 2.05) is 12.3 Å². The minimum Gasteiger partial charge on any atom is -0.344 e. The van der Waals surface area contributed by atoms with Crippen molar-refractivity contribution in [3.63, 3.8) is 0 Å². The van der Waals surface area contributed by atoms with Crippen LogP contribution in [0.1, 0.15) is 90.5 Å². The highest BCUT2D eigenvalue weighted by Gasteiger charge is 2.41. The molecule has 0 atom stereocenters. The third-order valence-electron chi connectivity index (χ3n) is 11.7. The number of fused-ring (bicyclic) bond motifs is 2. The molecule has 1 saturated carbocycles. The van der Waals surface area contributed by atoms with E-state index in [1.54, 1.807) is 0 Å². The standard InChI is InChI=1S/C46H58N5/c1-7-28-50-40-21-11-9-19-38(40)45(3,4)42(50)25-23-35-16-15-17-36(44(35)49-32-30-48(31-33-49)34-37-18-13-14-27-47-37)24-26-43-46(5,6)39-20-10-12-22-41(39)51(43)29-8-2/h9-14,18-27H,7-8,15-17,28-34H2,1-6H3/q+1. The van der Waals surface area contributed by atoms with Gasteiger partial charge in [0.05, 0.1) is 18.8 Å². The van der Waals surface area contributed by atoms with Crippen molar-refractivity contribution < 1.29 is 4.58 Å². The van der Waals surface area contributed by atoms with Crippen LogP contribution < -0.4 is 9.80 Å². The number of allylic oxidation sites excluding steroid dienone is 8. The van der Waals surface area contributed by atoms with Crippen LogP contribution in [0.5, 0.6) is 0 Å². The smallest absolute Gasteiger partial charge is 0.206 e. The first-order valence-electron chi connectivity index (χ1n) is 19.6. The van der Waals surface area contributed by atoms with E-state index in [-0.39, 0.29) is 10.8 Å². The van der Waals surface area contributed by atoms with Crippen LogP contribution in [0.2, 0.25) is 0 Å². The lowest BCUT2D eigenvalue weighted by Gasteiger charge is -2.29. The summed E-state index contributed by atoms with van der Waals surface area (Å²) in [6.07, 6.45) is 17.5. The lowest BCUT2D eigenvalue weighted by molar-refractivity contribution is -0.539. The van der Waals surface area contributed by atoms with Crippen LogP contribution in [0.3, 0.4) is 0 Å². The van der Waals surface area contributed by atoms with Gasteiger partial charge in [-0.3, -0.25) is 9.88 Å². The summed E-state index contributed by atoms with van der Waals surface area (Å²) >= 11 is 0. The van der Waals surface area contributed by atoms with Crippen molar-refractivity contribution in [1.29, 1.82) is 0 Å². The van der Waals surface area contributed by atoms with Crippen LogP contribution in [0.4, 0.5) is 11.4 Å². The van der Waals surface area contributed by atoms with Crippen LogP contribution in [0.15, 0.2) is 120 Å². The van der Waals surface area contributed by atoms with E-state index in [0.29, 0.717) is 0 Å². The van der Waals surface area contributed by atoms with Gasteiger partial charge in [0.2, 0.25) is 5.71 Å². The summed E-state index contributed by atoms with van der Waals surface area (Å²) in [7, 11) is 0. The predicted octanol–water partition coefficient (Wildman–Crippen LogP) is 9.57. The molecule has 1 aliphatic carbocycles. The summed E-state index contributed by atoms with van der Waals surface area (Å²) < 4.78 is 2.71. The number of hydrogen-bond donors (Lipinski definition) is 0. The summed E-state index contributed by atoms with van der Waals surface area (Å²) in [6.45, 7) is 21.3. The predicted molar refractivity (Wildman–Crippen MR) is 215 cm³/mol. The number of aromatic nitrogens is 1. The zero-order chi connectivity index (χ0) is 35.6. The molecular formula is C46H58N5+. The maximum atomic E-state index is 4.62. The Labute approximate surface area is 307 Å². The molecule has 0 radical (unpaired) electrons. The Morgan fingerprint density at radius 3 is 1.67 bits per heavy atom. The van der Waals surface area contributed by atoms with Gasteiger partial charge in [-0.2, -0.15) is 0 Å². The number of benzene rings is 2. The molecular weight excluding hydrogens is 623 g/mol. The molecule has 0 N–H and O–H groups in total. The highest BCUT2D eigenvalue weighted by molar-refractivity contribution is 6.10. The molecule has 0 spiro atoms. The topological polar surface area (TPSA) is 25.6 Å². The average molecular weight is 681 g/mol. The first-order valence-corrected chi connectivity index (χ1v) is 19.6. The van der Waals surface area contributed by atoms with Crippen molar-refractivity contribution >= 4 is 17.1 Å². The molecule has 7 rings (SSSR count). The second kappa shape index (κ2) is 14.8. The van der Waals surface area contributed by atoms with E-state index in [4.69, 9.17) is 0 Å². The Balaban J connectivity index is 1.28. The number of nitrogens with zero attached hydrogens (tertiary/aromatic N) is 5. The summed E-state index contributed by atoms with van der Waals surface area (Å²) in [5, 5.41) is 0. The molecule has 0 unspecified atom stereocenters. The molecule has 0 amide bonds. The Morgan fingerprint density at radius 1 is 0.667 bits per heavy atom. The third kappa shape index (κ3) is 6.78. The third-order valence-corrected chi connectivity index (χ3v) is 11.7. The Kier molecular flexibility index (Phi) is 10.2. The molecule has 4 aliphatic rings. The Hall–Kier alpha value is -4.22. The molecule has 1 saturated heterocycles. The van der Waals surface area contributed by atoms with Gasteiger partial charge in [-0.25, -0.2) is 4.58 Å². The van der Waals surface area contributed by atoms with Crippen molar-refractivity contribution in [3.8, 4) is 0 Å². The Morgan fingerprint density at radius 2 is 1.18 bits per heavy atom. The minimum absolute atomic E-state index is 0.0381. The zero-order valence-electron chi connectivity index (χ0n) is 32.0. The molecule has 2 fully saturated rings. The first kappa shape index (κ1) is 35.2. The second-order valence-corrected chi connectivity index (χ2v) is 15.9. The quantitative estimate of drug-likeness (QED) is 0.221. The lowest BCUT2D eigenvalue weighted by Crippen LogP contribution is -2.44. The van der Waals surface area contributed by atoms with Crippen molar-refractivity contribution in [2.75, 3.05) is 49.1 Å². The molecule has 5 nitrogen and oxygen atoms in total. The maximum absolute atomic E-state index is 4.62. The van der Waals surface area contributed by atoms with Gasteiger partial charge in [-0.05, 0) is 79.6 Å². The summed E-state index contributed by atoms with van der Waals surface area (Å²) in [4.78, 5) is 12.3. The van der Waals surface area contributed by atoms with Crippen molar-refractivity contribution in [2.45, 2.75) is 91.0 Å². The van der Waals surface area contributed by atoms with Crippen molar-refractivity contribution in [3.05, 3.63) is 137 Å². The van der Waals surface area contributed by atoms with Crippen LogP contribution in [0.25, 0.3) is 0 Å².